The van der Waals surface area contributed by atoms with Gasteiger partial charge < -0.3 is 19.9 Å². The molecule has 5 rings (SSSR count). The van der Waals surface area contributed by atoms with Crippen LogP contribution < -0.4 is 24.2 Å². The van der Waals surface area contributed by atoms with Gasteiger partial charge in [-0.2, -0.15) is 4.31 Å². The number of likely N-dealkylation sites (N-methyl/N-ethyl adjacent to an activating group) is 1. The molecule has 3 unspecified atom stereocenters. The van der Waals surface area contributed by atoms with E-state index in [1.807, 2.05) is 0 Å². The molecule has 0 spiro atoms. The second-order valence-corrected chi connectivity index (χ2v) is 12.6. The van der Waals surface area contributed by atoms with E-state index in [0.717, 1.165) is 0 Å². The number of ether oxygens (including phenoxy) is 3. The number of carbonyl (C=O) groups is 2. The number of alkyl halides is 1. The Balaban J connectivity index is 1.93. The van der Waals surface area contributed by atoms with Gasteiger partial charge in [0.05, 0.1) is 44.7 Å². The molecule has 3 aromatic rings. The summed E-state index contributed by atoms with van der Waals surface area (Å²) in [4.78, 5) is 28.1. The molecule has 1 saturated heterocycles. The first kappa shape index (κ1) is 30.6. The molecule has 0 aromatic heterocycles. The number of methoxy groups -OCH3 is 3. The summed E-state index contributed by atoms with van der Waals surface area (Å²) >= 11 is 6.53. The number of likely N-dealkylation sites (tertiary alicyclic amines) is 1. The summed E-state index contributed by atoms with van der Waals surface area (Å²) < 4.78 is 61.2. The Morgan fingerprint density at radius 2 is 1.74 bits per heavy atom. The van der Waals surface area contributed by atoms with Crippen LogP contribution in [-0.4, -0.2) is 71.3 Å². The molecule has 0 saturated carbocycles. The van der Waals surface area contributed by atoms with Gasteiger partial charge in [-0.05, 0) is 49.4 Å². The van der Waals surface area contributed by atoms with E-state index in [9.17, 15) is 13.2 Å². The summed E-state index contributed by atoms with van der Waals surface area (Å²) in [5.74, 6) is -1.23. The average molecular weight is 633 g/mol. The number of benzene rings is 3. The predicted molar refractivity (Wildman–Crippen MR) is 158 cm³/mol. The molecule has 2 aliphatic heterocycles. The lowest BCUT2D eigenvalue weighted by molar-refractivity contribution is -0.969. The van der Waals surface area contributed by atoms with Crippen molar-refractivity contribution in [2.45, 2.75) is 36.0 Å². The maximum atomic E-state index is 15.5. The number of hydrogen-bond donors (Lipinski definition) is 1. The number of halogens is 2. The van der Waals surface area contributed by atoms with Gasteiger partial charge in [-0.1, -0.05) is 23.7 Å². The van der Waals surface area contributed by atoms with Crippen LogP contribution in [0.2, 0.25) is 5.02 Å². The predicted octanol–water partition coefficient (Wildman–Crippen LogP) is 3.78. The number of fused-ring (bicyclic) bond motifs is 1. The molecule has 10 nitrogen and oxygen atoms in total. The fraction of sp³-hybridized carbons (Fsp3) is 0.333. The number of carbonyl (C=O) groups excluding carboxylic acids is 2. The molecule has 0 radical (unpaired) electrons. The number of para-hydroxylation sites is 1. The smallest absolute Gasteiger partial charge is 0.312 e. The van der Waals surface area contributed by atoms with Crippen molar-refractivity contribution >= 4 is 39.1 Å². The summed E-state index contributed by atoms with van der Waals surface area (Å²) in [6.07, 6.45) is -1.76. The van der Waals surface area contributed by atoms with Gasteiger partial charge in [0.25, 0.3) is 15.9 Å². The van der Waals surface area contributed by atoms with Crippen LogP contribution in [0.4, 0.5) is 10.1 Å². The number of anilines is 1. The second-order valence-electron chi connectivity index (χ2n) is 10.4. The van der Waals surface area contributed by atoms with E-state index in [2.05, 4.69) is 0 Å². The molecule has 43 heavy (non-hydrogen) atoms. The van der Waals surface area contributed by atoms with Crippen molar-refractivity contribution in [1.29, 1.82) is 0 Å². The topological polar surface area (TPSA) is 125 Å². The van der Waals surface area contributed by atoms with Gasteiger partial charge in [-0.15, -0.1) is 0 Å². The van der Waals surface area contributed by atoms with Gasteiger partial charge in [0, 0.05) is 17.5 Å². The summed E-state index contributed by atoms with van der Waals surface area (Å²) in [5.41, 5.74) is 4.32. The Bertz CT molecular complexity index is 1720. The highest BCUT2D eigenvalue weighted by Crippen LogP contribution is 2.58. The van der Waals surface area contributed by atoms with Crippen LogP contribution in [0.3, 0.4) is 0 Å². The molecule has 4 atom stereocenters. The molecule has 228 valence electrons. The Kier molecular flexibility index (Phi) is 7.82. The lowest BCUT2D eigenvalue weighted by Crippen LogP contribution is -2.71. The van der Waals surface area contributed by atoms with Gasteiger partial charge in [-0.3, -0.25) is 14.1 Å². The van der Waals surface area contributed by atoms with E-state index >= 15 is 9.18 Å². The van der Waals surface area contributed by atoms with Crippen LogP contribution in [0.1, 0.15) is 24.5 Å². The van der Waals surface area contributed by atoms with Crippen LogP contribution in [0.5, 0.6) is 17.2 Å². The number of quaternary nitrogens is 1. The number of primary amides is 1. The maximum Gasteiger partial charge on any atom is 0.312 e. The van der Waals surface area contributed by atoms with E-state index < -0.39 is 44.1 Å². The van der Waals surface area contributed by atoms with Gasteiger partial charge in [0.1, 0.15) is 28.7 Å². The van der Waals surface area contributed by atoms with Gasteiger partial charge in [0.15, 0.2) is 12.2 Å². The highest BCUT2D eigenvalue weighted by Gasteiger charge is 2.73. The van der Waals surface area contributed by atoms with Crippen molar-refractivity contribution in [2.75, 3.05) is 38.7 Å². The van der Waals surface area contributed by atoms with E-state index in [-0.39, 0.29) is 57.7 Å². The summed E-state index contributed by atoms with van der Waals surface area (Å²) in [6.45, 7) is 1.47. The van der Waals surface area contributed by atoms with Crippen LogP contribution in [0.25, 0.3) is 0 Å². The molecular formula is C30H32ClFN3O7S+. The molecule has 2 heterocycles. The van der Waals surface area contributed by atoms with Crippen molar-refractivity contribution in [3.05, 3.63) is 76.8 Å². The SMILES string of the molecule is CC[N+]1(C2(c3ccccc3OC)C(=O)N(S(=O)(=O)c3ccc(OC)cc3OC)c3ccc(Cl)cc32)CC(F)C[C@H]1C(N)=O. The third-order valence-corrected chi connectivity index (χ3v) is 10.6. The number of nitrogens with zero attached hydrogens (tertiary/aromatic N) is 2. The van der Waals surface area contributed by atoms with Crippen LogP contribution in [-0.2, 0) is 25.2 Å². The minimum Gasteiger partial charge on any atom is -0.497 e. The Morgan fingerprint density at radius 1 is 1.05 bits per heavy atom. The van der Waals surface area contributed by atoms with Gasteiger partial charge in [0.2, 0.25) is 5.54 Å². The number of sulfonamides is 1. The molecule has 2 N–H and O–H groups in total. The first-order chi connectivity index (χ1) is 20.4. The molecular weight excluding hydrogens is 601 g/mol. The fourth-order valence-corrected chi connectivity index (χ4v) is 8.64. The summed E-state index contributed by atoms with van der Waals surface area (Å²) in [7, 11) is -0.568. The van der Waals surface area contributed by atoms with E-state index in [0.29, 0.717) is 10.1 Å². The summed E-state index contributed by atoms with van der Waals surface area (Å²) in [5, 5.41) is 0.202. The highest BCUT2D eigenvalue weighted by molar-refractivity contribution is 7.93. The average Bonchev–Trinajstić information content (AvgIpc) is 3.48. The standard InChI is InChI=1S/C30H31ClFN3O7S/c1-5-35(17-19(32)15-24(35)28(33)36)30(21-8-6-7-9-25(21)41-3)22-14-18(31)10-12-23(22)34(29(30)37)43(38,39)27-13-11-20(40-2)16-26(27)42-4/h6-14,16,19,24H,5,15,17H2,1-4H3,(H-,33,36)/p+1/t19?,24-,30?,35?/m0/s1. The Labute approximate surface area is 254 Å². The largest absolute Gasteiger partial charge is 0.497 e. The number of nitrogens with two attached hydrogens (primary N) is 1. The number of rotatable bonds is 9. The van der Waals surface area contributed by atoms with Crippen molar-refractivity contribution in [3.63, 3.8) is 0 Å². The van der Waals surface area contributed by atoms with E-state index in [1.165, 1.54) is 57.7 Å². The van der Waals surface area contributed by atoms with E-state index in [1.54, 1.807) is 31.2 Å². The monoisotopic (exact) mass is 632 g/mol. The molecule has 1 fully saturated rings. The zero-order valence-electron chi connectivity index (χ0n) is 24.0. The molecule has 0 bridgehead atoms. The normalized spacial score (nSPS) is 25.0. The third-order valence-electron chi connectivity index (χ3n) is 8.61. The maximum absolute atomic E-state index is 15.5. The molecule has 0 aliphatic carbocycles. The molecule has 13 heteroatoms. The molecule has 2 aliphatic rings. The number of amides is 2. The minimum absolute atomic E-state index is 0.00495. The van der Waals surface area contributed by atoms with Gasteiger partial charge >= 0.3 is 5.91 Å². The van der Waals surface area contributed by atoms with Crippen molar-refractivity contribution < 1.29 is 41.1 Å². The number of hydrogen-bond acceptors (Lipinski definition) is 7. The summed E-state index contributed by atoms with van der Waals surface area (Å²) in [6, 6.07) is 13.9. The molecule has 2 amide bonds. The van der Waals surface area contributed by atoms with Crippen molar-refractivity contribution in [3.8, 4) is 17.2 Å². The second kappa shape index (κ2) is 11.0. The zero-order chi connectivity index (χ0) is 31.3. The van der Waals surface area contributed by atoms with Crippen LogP contribution >= 0.6 is 11.6 Å². The van der Waals surface area contributed by atoms with Gasteiger partial charge in [-0.25, -0.2) is 12.8 Å². The van der Waals surface area contributed by atoms with Crippen molar-refractivity contribution in [2.24, 2.45) is 5.73 Å². The lowest BCUT2D eigenvalue weighted by Gasteiger charge is -2.50. The van der Waals surface area contributed by atoms with E-state index in [4.69, 9.17) is 31.5 Å². The third kappa shape index (κ3) is 4.26. The van der Waals surface area contributed by atoms with Crippen molar-refractivity contribution in [1.82, 2.24) is 0 Å². The first-order valence-corrected chi connectivity index (χ1v) is 15.3. The highest BCUT2D eigenvalue weighted by atomic mass is 35.5. The Morgan fingerprint density at radius 3 is 2.37 bits per heavy atom. The zero-order valence-corrected chi connectivity index (χ0v) is 25.6. The fourth-order valence-electron chi connectivity index (χ4n) is 6.86. The lowest BCUT2D eigenvalue weighted by atomic mass is 9.78. The quantitative estimate of drug-likeness (QED) is 0.356. The first-order valence-electron chi connectivity index (χ1n) is 13.5. The van der Waals surface area contributed by atoms with Crippen LogP contribution in [0.15, 0.2) is 65.6 Å². The Hall–Kier alpha value is -3.87. The minimum atomic E-state index is -4.70. The molecule has 3 aromatic carbocycles. The van der Waals surface area contributed by atoms with Crippen LogP contribution in [0, 0.1) is 0 Å².